The third kappa shape index (κ3) is 3.98. The zero-order valence-corrected chi connectivity index (χ0v) is 18.4. The van der Waals surface area contributed by atoms with Crippen molar-refractivity contribution >= 4 is 28.5 Å². The van der Waals surface area contributed by atoms with Crippen LogP contribution in [-0.2, 0) is 7.05 Å². The van der Waals surface area contributed by atoms with E-state index >= 15 is 0 Å². The number of benzene rings is 1. The molecule has 1 saturated heterocycles. The predicted molar refractivity (Wildman–Crippen MR) is 124 cm³/mol. The molecule has 2 aromatic heterocycles. The van der Waals surface area contributed by atoms with Crippen molar-refractivity contribution in [3.05, 3.63) is 30.5 Å². The molecule has 1 saturated carbocycles. The number of piperazine rings is 1. The number of nitrogens with one attached hydrogen (secondary N) is 1. The van der Waals surface area contributed by atoms with Gasteiger partial charge in [0.05, 0.1) is 24.4 Å². The Morgan fingerprint density at radius 1 is 0.968 bits per heavy atom. The van der Waals surface area contributed by atoms with Crippen LogP contribution in [0, 0.1) is 0 Å². The highest BCUT2D eigenvalue weighted by Crippen LogP contribution is 2.30. The van der Waals surface area contributed by atoms with Crippen molar-refractivity contribution in [2.45, 2.75) is 38.1 Å². The van der Waals surface area contributed by atoms with E-state index in [1.165, 1.54) is 32.1 Å². The van der Waals surface area contributed by atoms with Crippen LogP contribution in [0.4, 0.5) is 17.5 Å². The van der Waals surface area contributed by atoms with E-state index in [4.69, 9.17) is 14.7 Å². The van der Waals surface area contributed by atoms with E-state index in [0.717, 1.165) is 60.4 Å². The van der Waals surface area contributed by atoms with Crippen LogP contribution >= 0.6 is 0 Å². The van der Waals surface area contributed by atoms with Gasteiger partial charge in [-0.05, 0) is 25.0 Å². The van der Waals surface area contributed by atoms with Crippen molar-refractivity contribution in [1.29, 1.82) is 0 Å². The molecule has 2 aliphatic rings. The lowest BCUT2D eigenvalue weighted by Gasteiger charge is -2.36. The van der Waals surface area contributed by atoms with Crippen LogP contribution in [0.3, 0.4) is 0 Å². The van der Waals surface area contributed by atoms with Crippen molar-refractivity contribution in [1.82, 2.24) is 19.7 Å². The molecule has 8 heteroatoms. The Morgan fingerprint density at radius 3 is 2.48 bits per heavy atom. The lowest BCUT2D eigenvalue weighted by atomic mass is 9.95. The topological polar surface area (TPSA) is 71.3 Å². The number of ether oxygens (including phenoxy) is 1. The van der Waals surface area contributed by atoms with Crippen LogP contribution in [0.5, 0.6) is 5.75 Å². The van der Waals surface area contributed by atoms with Gasteiger partial charge < -0.3 is 19.9 Å². The summed E-state index contributed by atoms with van der Waals surface area (Å²) in [6.07, 6.45) is 8.21. The Balaban J connectivity index is 1.37. The van der Waals surface area contributed by atoms with Crippen molar-refractivity contribution < 1.29 is 4.74 Å². The van der Waals surface area contributed by atoms with Gasteiger partial charge in [0, 0.05) is 39.3 Å². The van der Waals surface area contributed by atoms with E-state index in [-0.39, 0.29) is 0 Å². The Hall–Kier alpha value is -3.03. The van der Waals surface area contributed by atoms with E-state index in [2.05, 4.69) is 32.3 Å². The first-order chi connectivity index (χ1) is 15.2. The average Bonchev–Trinajstić information content (AvgIpc) is 3.21. The Morgan fingerprint density at radius 2 is 1.71 bits per heavy atom. The minimum Gasteiger partial charge on any atom is -0.495 e. The van der Waals surface area contributed by atoms with Gasteiger partial charge in [-0.2, -0.15) is 15.1 Å². The third-order valence-corrected chi connectivity index (χ3v) is 6.51. The molecule has 31 heavy (non-hydrogen) atoms. The molecule has 1 N–H and O–H groups in total. The second-order valence-corrected chi connectivity index (χ2v) is 8.50. The van der Waals surface area contributed by atoms with E-state index in [1.807, 2.05) is 30.1 Å². The number of anilines is 3. The molecule has 0 unspecified atom stereocenters. The summed E-state index contributed by atoms with van der Waals surface area (Å²) in [6, 6.07) is 8.70. The minimum absolute atomic E-state index is 0.488. The summed E-state index contributed by atoms with van der Waals surface area (Å²) in [4.78, 5) is 14.5. The highest BCUT2D eigenvalue weighted by atomic mass is 16.5. The van der Waals surface area contributed by atoms with Gasteiger partial charge in [-0.1, -0.05) is 31.4 Å². The van der Waals surface area contributed by atoms with Crippen LogP contribution in [-0.4, -0.2) is 59.1 Å². The Labute approximate surface area is 183 Å². The van der Waals surface area contributed by atoms with E-state index in [1.54, 1.807) is 7.11 Å². The van der Waals surface area contributed by atoms with Crippen molar-refractivity contribution in [3.8, 4) is 5.75 Å². The molecule has 8 nitrogen and oxygen atoms in total. The van der Waals surface area contributed by atoms with E-state index in [0.29, 0.717) is 6.04 Å². The van der Waals surface area contributed by atoms with Crippen molar-refractivity contribution in [2.75, 3.05) is 48.4 Å². The highest BCUT2D eigenvalue weighted by Gasteiger charge is 2.24. The molecule has 1 aromatic carbocycles. The first-order valence-corrected chi connectivity index (χ1v) is 11.3. The third-order valence-electron chi connectivity index (χ3n) is 6.51. The molecule has 3 heterocycles. The predicted octanol–water partition coefficient (Wildman–Crippen LogP) is 3.44. The summed E-state index contributed by atoms with van der Waals surface area (Å²) in [5, 5.41) is 9.15. The molecule has 0 amide bonds. The quantitative estimate of drug-likeness (QED) is 0.677. The maximum absolute atomic E-state index is 5.55. The summed E-state index contributed by atoms with van der Waals surface area (Å²) in [6.45, 7) is 3.53. The molecule has 2 fully saturated rings. The number of para-hydroxylation sites is 2. The molecular formula is C23H31N7O. The molecule has 0 bridgehead atoms. The minimum atomic E-state index is 0.488. The molecule has 0 atom stereocenters. The maximum atomic E-state index is 5.55. The van der Waals surface area contributed by atoms with Crippen LogP contribution in [0.15, 0.2) is 30.5 Å². The monoisotopic (exact) mass is 421 g/mol. The first-order valence-electron chi connectivity index (χ1n) is 11.3. The number of nitrogens with zero attached hydrogens (tertiary/aromatic N) is 6. The number of aromatic nitrogens is 4. The van der Waals surface area contributed by atoms with Crippen molar-refractivity contribution in [3.63, 3.8) is 0 Å². The molecule has 1 aliphatic carbocycles. The second kappa shape index (κ2) is 8.61. The SMILES string of the molecule is COc1ccccc1N1CCN(c2nc(NC3CCCCC3)c3cnn(C)c3n2)CC1. The fraction of sp³-hybridized carbons (Fsp3) is 0.522. The summed E-state index contributed by atoms with van der Waals surface area (Å²) in [5.41, 5.74) is 2.03. The van der Waals surface area contributed by atoms with Gasteiger partial charge in [0.1, 0.15) is 11.6 Å². The zero-order chi connectivity index (χ0) is 21.2. The molecule has 164 valence electrons. The number of fused-ring (bicyclic) bond motifs is 1. The van der Waals surface area contributed by atoms with Crippen molar-refractivity contribution in [2.24, 2.45) is 7.05 Å². The van der Waals surface area contributed by atoms with Crippen LogP contribution in [0.2, 0.25) is 0 Å². The van der Waals surface area contributed by atoms with Crippen LogP contribution in [0.1, 0.15) is 32.1 Å². The highest BCUT2D eigenvalue weighted by molar-refractivity contribution is 5.87. The standard InChI is InChI=1S/C23H31N7O/c1-28-22-18(16-24-28)21(25-17-8-4-3-5-9-17)26-23(27-22)30-14-12-29(13-15-30)19-10-6-7-11-20(19)31-2/h6-7,10-11,16-17H,3-5,8-9,12-15H2,1-2H3,(H,25,26,27). The average molecular weight is 422 g/mol. The normalized spacial score (nSPS) is 17.9. The fourth-order valence-corrected chi connectivity index (χ4v) is 4.74. The van der Waals surface area contributed by atoms with E-state index in [9.17, 15) is 0 Å². The summed E-state index contributed by atoms with van der Waals surface area (Å²) in [7, 11) is 3.68. The van der Waals surface area contributed by atoms with Gasteiger partial charge in [0.15, 0.2) is 5.65 Å². The van der Waals surface area contributed by atoms with Gasteiger partial charge in [0.25, 0.3) is 0 Å². The van der Waals surface area contributed by atoms with E-state index < -0.39 is 0 Å². The summed E-state index contributed by atoms with van der Waals surface area (Å²) >= 11 is 0. The Bertz CT molecular complexity index is 1040. The largest absolute Gasteiger partial charge is 0.495 e. The van der Waals surface area contributed by atoms with Gasteiger partial charge in [0.2, 0.25) is 5.95 Å². The van der Waals surface area contributed by atoms with Gasteiger partial charge in [-0.3, -0.25) is 4.68 Å². The van der Waals surface area contributed by atoms with Crippen LogP contribution < -0.4 is 19.9 Å². The second-order valence-electron chi connectivity index (χ2n) is 8.50. The number of hydrogen-bond acceptors (Lipinski definition) is 7. The number of hydrogen-bond donors (Lipinski definition) is 1. The number of aryl methyl sites for hydroxylation is 1. The van der Waals surface area contributed by atoms with Gasteiger partial charge in [-0.15, -0.1) is 0 Å². The lowest BCUT2D eigenvalue weighted by Crippen LogP contribution is -2.47. The van der Waals surface area contributed by atoms with Gasteiger partial charge in [-0.25, -0.2) is 0 Å². The number of methoxy groups -OCH3 is 1. The lowest BCUT2D eigenvalue weighted by molar-refractivity contribution is 0.413. The number of rotatable bonds is 5. The summed E-state index contributed by atoms with van der Waals surface area (Å²) in [5.74, 6) is 2.63. The summed E-state index contributed by atoms with van der Waals surface area (Å²) < 4.78 is 7.40. The molecule has 1 aliphatic heterocycles. The molecular weight excluding hydrogens is 390 g/mol. The van der Waals surface area contributed by atoms with Gasteiger partial charge >= 0.3 is 0 Å². The fourth-order valence-electron chi connectivity index (χ4n) is 4.74. The molecule has 5 rings (SSSR count). The van der Waals surface area contributed by atoms with Crippen LogP contribution in [0.25, 0.3) is 11.0 Å². The zero-order valence-electron chi connectivity index (χ0n) is 18.4. The molecule has 3 aromatic rings. The Kier molecular flexibility index (Phi) is 5.53. The maximum Gasteiger partial charge on any atom is 0.229 e. The molecule has 0 spiro atoms. The smallest absolute Gasteiger partial charge is 0.229 e. The first kappa shape index (κ1) is 19.9. The molecule has 0 radical (unpaired) electrons.